The summed E-state index contributed by atoms with van der Waals surface area (Å²) in [6, 6.07) is 0. The van der Waals surface area contributed by atoms with Gasteiger partial charge < -0.3 is 5.41 Å². The molecule has 0 aromatic rings. The van der Waals surface area contributed by atoms with Crippen LogP contribution in [0.1, 0.15) is 26.2 Å². The van der Waals surface area contributed by atoms with Crippen LogP contribution in [0.4, 0.5) is 0 Å². The summed E-state index contributed by atoms with van der Waals surface area (Å²) in [4.78, 5) is 0. The van der Waals surface area contributed by atoms with Crippen LogP contribution in [0.2, 0.25) is 0 Å². The van der Waals surface area contributed by atoms with Crippen LogP contribution in [0.5, 0.6) is 0 Å². The van der Waals surface area contributed by atoms with Gasteiger partial charge in [-0.05, 0) is 12.8 Å². The lowest BCUT2D eigenvalue weighted by molar-refractivity contribution is 0.831. The van der Waals surface area contributed by atoms with E-state index in [4.69, 9.17) is 5.41 Å². The summed E-state index contributed by atoms with van der Waals surface area (Å²) >= 11 is 3.96. The van der Waals surface area contributed by atoms with Crippen molar-refractivity contribution >= 4 is 18.3 Å². The van der Waals surface area contributed by atoms with Gasteiger partial charge in [-0.15, -0.1) is 0 Å². The molecule has 0 aliphatic carbocycles. The van der Waals surface area contributed by atoms with Gasteiger partial charge in [0.15, 0.2) is 0 Å². The van der Waals surface area contributed by atoms with Crippen LogP contribution in [0.15, 0.2) is 0 Å². The predicted molar refractivity (Wildman–Crippen MR) is 41.1 cm³/mol. The second-order valence-electron chi connectivity index (χ2n) is 1.87. The van der Waals surface area contributed by atoms with Crippen LogP contribution in [0, 0.1) is 5.41 Å². The number of hydrogen-bond donors (Lipinski definition) is 2. The SMILES string of the molecule is CCCCC(=N)CS. The third-order valence-electron chi connectivity index (χ3n) is 1.02. The summed E-state index contributed by atoms with van der Waals surface area (Å²) in [6.07, 6.45) is 3.25. The van der Waals surface area contributed by atoms with E-state index in [9.17, 15) is 0 Å². The average molecular weight is 131 g/mol. The zero-order valence-corrected chi connectivity index (χ0v) is 6.17. The summed E-state index contributed by atoms with van der Waals surface area (Å²) in [5.41, 5.74) is 0.759. The average Bonchev–Trinajstić information content (AvgIpc) is 1.83. The van der Waals surface area contributed by atoms with Crippen molar-refractivity contribution < 1.29 is 0 Å². The molecule has 0 fully saturated rings. The lowest BCUT2D eigenvalue weighted by Gasteiger charge is -1.94. The Bertz CT molecular complexity index is 70.9. The van der Waals surface area contributed by atoms with Gasteiger partial charge in [0.05, 0.1) is 0 Å². The van der Waals surface area contributed by atoms with E-state index in [2.05, 4.69) is 19.6 Å². The molecular formula is C6H13NS. The molecule has 0 saturated heterocycles. The van der Waals surface area contributed by atoms with Crippen LogP contribution in [0.25, 0.3) is 0 Å². The quantitative estimate of drug-likeness (QED) is 0.431. The largest absolute Gasteiger partial charge is 0.309 e. The Morgan fingerprint density at radius 1 is 1.62 bits per heavy atom. The van der Waals surface area contributed by atoms with Crippen LogP contribution < -0.4 is 0 Å². The standard InChI is InChI=1S/C6H13NS/c1-2-3-4-6(7)5-8/h7-8H,2-5H2,1H3. The first-order valence-electron chi connectivity index (χ1n) is 2.98. The summed E-state index contributed by atoms with van der Waals surface area (Å²) in [6.45, 7) is 2.13. The molecule has 0 saturated carbocycles. The fraction of sp³-hybridized carbons (Fsp3) is 0.833. The minimum absolute atomic E-state index is 0.625. The summed E-state index contributed by atoms with van der Waals surface area (Å²) in [7, 11) is 0. The maximum atomic E-state index is 7.16. The second-order valence-corrected chi connectivity index (χ2v) is 2.18. The van der Waals surface area contributed by atoms with Gasteiger partial charge in [0, 0.05) is 11.5 Å². The van der Waals surface area contributed by atoms with Crippen molar-refractivity contribution in [1.82, 2.24) is 0 Å². The number of nitrogens with one attached hydrogen (secondary N) is 1. The first-order valence-corrected chi connectivity index (χ1v) is 3.61. The van der Waals surface area contributed by atoms with Gasteiger partial charge in [0.1, 0.15) is 0 Å². The number of rotatable bonds is 4. The Morgan fingerprint density at radius 3 is 2.62 bits per heavy atom. The highest BCUT2D eigenvalue weighted by atomic mass is 32.1. The third-order valence-corrected chi connectivity index (χ3v) is 1.40. The predicted octanol–water partition coefficient (Wildman–Crippen LogP) is 2.13. The Balaban J connectivity index is 2.99. The van der Waals surface area contributed by atoms with E-state index in [0.717, 1.165) is 18.6 Å². The highest BCUT2D eigenvalue weighted by Crippen LogP contribution is 1.95. The van der Waals surface area contributed by atoms with Crippen molar-refractivity contribution in [3.05, 3.63) is 0 Å². The number of unbranched alkanes of at least 4 members (excludes halogenated alkanes) is 1. The van der Waals surface area contributed by atoms with Crippen LogP contribution in [-0.2, 0) is 0 Å². The van der Waals surface area contributed by atoms with E-state index < -0.39 is 0 Å². The van der Waals surface area contributed by atoms with E-state index in [1.807, 2.05) is 0 Å². The monoisotopic (exact) mass is 131 g/mol. The van der Waals surface area contributed by atoms with Gasteiger partial charge in [0.2, 0.25) is 0 Å². The van der Waals surface area contributed by atoms with E-state index >= 15 is 0 Å². The zero-order chi connectivity index (χ0) is 6.41. The van der Waals surface area contributed by atoms with Gasteiger partial charge in [0.25, 0.3) is 0 Å². The molecule has 8 heavy (non-hydrogen) atoms. The highest BCUT2D eigenvalue weighted by Gasteiger charge is 1.89. The van der Waals surface area contributed by atoms with Gasteiger partial charge in [-0.3, -0.25) is 0 Å². The lowest BCUT2D eigenvalue weighted by atomic mass is 10.2. The minimum Gasteiger partial charge on any atom is -0.309 e. The molecule has 1 N–H and O–H groups in total. The summed E-state index contributed by atoms with van der Waals surface area (Å²) in [5, 5.41) is 7.16. The molecule has 0 aromatic carbocycles. The molecule has 0 radical (unpaired) electrons. The van der Waals surface area contributed by atoms with Gasteiger partial charge in [-0.2, -0.15) is 12.6 Å². The molecule has 0 unspecified atom stereocenters. The molecule has 0 spiro atoms. The Kier molecular flexibility index (Phi) is 5.18. The van der Waals surface area contributed by atoms with Gasteiger partial charge in [-0.1, -0.05) is 13.3 Å². The topological polar surface area (TPSA) is 23.9 Å². The first kappa shape index (κ1) is 8.02. The van der Waals surface area contributed by atoms with Crippen molar-refractivity contribution in [3.8, 4) is 0 Å². The fourth-order valence-electron chi connectivity index (χ4n) is 0.469. The van der Waals surface area contributed by atoms with E-state index in [-0.39, 0.29) is 0 Å². The molecule has 48 valence electrons. The molecule has 0 rings (SSSR count). The Hall–Kier alpha value is 0.0200. The van der Waals surface area contributed by atoms with Crippen LogP contribution in [0.3, 0.4) is 0 Å². The Labute approximate surface area is 56.4 Å². The van der Waals surface area contributed by atoms with Crippen molar-refractivity contribution in [2.45, 2.75) is 26.2 Å². The van der Waals surface area contributed by atoms with Crippen LogP contribution >= 0.6 is 12.6 Å². The molecule has 0 aliphatic heterocycles. The molecule has 0 amide bonds. The van der Waals surface area contributed by atoms with E-state index in [0.29, 0.717) is 5.75 Å². The minimum atomic E-state index is 0.625. The van der Waals surface area contributed by atoms with Crippen molar-refractivity contribution in [2.75, 3.05) is 5.75 Å². The molecule has 0 heterocycles. The smallest absolute Gasteiger partial charge is 0.0281 e. The van der Waals surface area contributed by atoms with Crippen molar-refractivity contribution in [3.63, 3.8) is 0 Å². The third kappa shape index (κ3) is 4.19. The van der Waals surface area contributed by atoms with Gasteiger partial charge >= 0.3 is 0 Å². The maximum Gasteiger partial charge on any atom is 0.0281 e. The highest BCUT2D eigenvalue weighted by molar-refractivity contribution is 7.81. The fourth-order valence-corrected chi connectivity index (χ4v) is 0.627. The van der Waals surface area contributed by atoms with Crippen LogP contribution in [-0.4, -0.2) is 11.5 Å². The second kappa shape index (κ2) is 5.16. The molecule has 0 aromatic heterocycles. The first-order chi connectivity index (χ1) is 3.81. The number of hydrogen-bond acceptors (Lipinski definition) is 2. The molecule has 0 bridgehead atoms. The zero-order valence-electron chi connectivity index (χ0n) is 5.28. The van der Waals surface area contributed by atoms with E-state index in [1.54, 1.807) is 0 Å². The van der Waals surface area contributed by atoms with Gasteiger partial charge in [-0.25, -0.2) is 0 Å². The molecular weight excluding hydrogens is 118 g/mol. The molecule has 1 nitrogen and oxygen atoms in total. The molecule has 0 aliphatic rings. The Morgan fingerprint density at radius 2 is 2.25 bits per heavy atom. The summed E-state index contributed by atoms with van der Waals surface area (Å²) in [5.74, 6) is 0.625. The summed E-state index contributed by atoms with van der Waals surface area (Å²) < 4.78 is 0. The normalized spacial score (nSPS) is 9.25. The number of thiol groups is 1. The van der Waals surface area contributed by atoms with Crippen molar-refractivity contribution in [1.29, 1.82) is 5.41 Å². The van der Waals surface area contributed by atoms with E-state index in [1.165, 1.54) is 6.42 Å². The maximum absolute atomic E-state index is 7.16. The lowest BCUT2D eigenvalue weighted by Crippen LogP contribution is -1.95. The van der Waals surface area contributed by atoms with Crippen molar-refractivity contribution in [2.24, 2.45) is 0 Å². The molecule has 2 heteroatoms. The molecule has 0 atom stereocenters.